The van der Waals surface area contributed by atoms with Gasteiger partial charge in [0.15, 0.2) is 0 Å². The lowest BCUT2D eigenvalue weighted by Crippen LogP contribution is -2.02. The minimum absolute atomic E-state index is 0.511. The minimum Gasteiger partial charge on any atom is -0.357 e. The van der Waals surface area contributed by atoms with Crippen LogP contribution in [0.2, 0.25) is 0 Å². The fourth-order valence-corrected chi connectivity index (χ4v) is 1.91. The van der Waals surface area contributed by atoms with Crippen LogP contribution in [0, 0.1) is 18.3 Å². The van der Waals surface area contributed by atoms with Gasteiger partial charge in [0.1, 0.15) is 11.9 Å². The summed E-state index contributed by atoms with van der Waals surface area (Å²) in [6.07, 6.45) is 1.66. The second-order valence-electron chi connectivity index (χ2n) is 3.87. The molecule has 6 heteroatoms. The zero-order valence-electron chi connectivity index (χ0n) is 10.5. The summed E-state index contributed by atoms with van der Waals surface area (Å²) in [5.41, 5.74) is 2.26. The topological polar surface area (TPSA) is 73.6 Å². The number of halogens is 1. The molecule has 19 heavy (non-hydrogen) atoms. The number of nitrogens with one attached hydrogen (secondary N) is 2. The molecule has 1 aromatic carbocycles. The highest BCUT2D eigenvalue weighted by Crippen LogP contribution is 2.27. The van der Waals surface area contributed by atoms with Gasteiger partial charge in [0.25, 0.3) is 0 Å². The lowest BCUT2D eigenvalue weighted by atomic mass is 10.1. The van der Waals surface area contributed by atoms with E-state index in [-0.39, 0.29) is 0 Å². The number of nitriles is 1. The van der Waals surface area contributed by atoms with Crippen molar-refractivity contribution in [3.63, 3.8) is 0 Å². The second-order valence-corrected chi connectivity index (χ2v) is 4.73. The van der Waals surface area contributed by atoms with Crippen LogP contribution in [0.1, 0.15) is 11.1 Å². The zero-order valence-corrected chi connectivity index (χ0v) is 12.1. The highest BCUT2D eigenvalue weighted by atomic mass is 79.9. The van der Waals surface area contributed by atoms with Crippen LogP contribution in [0.15, 0.2) is 28.9 Å². The summed E-state index contributed by atoms with van der Waals surface area (Å²) in [7, 11) is 1.75. The third-order valence-corrected chi connectivity index (χ3v) is 3.19. The average Bonchev–Trinajstić information content (AvgIpc) is 2.41. The standard InChI is InChI=1S/C13H12BrN5/c1-8-4-3-5-11(9(8)6-15)18-12-10(14)7-17-13(16-2)19-12/h3-5,7H,1-2H3,(H2,16,17,18,19). The quantitative estimate of drug-likeness (QED) is 0.909. The number of rotatable bonds is 3. The van der Waals surface area contributed by atoms with Crippen LogP contribution in [0.4, 0.5) is 17.5 Å². The first-order chi connectivity index (χ1) is 9.15. The van der Waals surface area contributed by atoms with Crippen molar-refractivity contribution < 1.29 is 0 Å². The van der Waals surface area contributed by atoms with Crippen molar-refractivity contribution in [2.45, 2.75) is 6.92 Å². The number of aryl methyl sites for hydroxylation is 1. The van der Waals surface area contributed by atoms with Crippen molar-refractivity contribution in [3.8, 4) is 6.07 Å². The van der Waals surface area contributed by atoms with Gasteiger partial charge in [-0.2, -0.15) is 10.2 Å². The van der Waals surface area contributed by atoms with Gasteiger partial charge in [0.05, 0.1) is 15.7 Å². The summed E-state index contributed by atoms with van der Waals surface area (Å²) in [4.78, 5) is 8.39. The largest absolute Gasteiger partial charge is 0.357 e. The highest BCUT2D eigenvalue weighted by molar-refractivity contribution is 9.10. The molecule has 0 saturated heterocycles. The van der Waals surface area contributed by atoms with E-state index in [1.54, 1.807) is 13.2 Å². The van der Waals surface area contributed by atoms with E-state index in [0.717, 1.165) is 15.7 Å². The third-order valence-electron chi connectivity index (χ3n) is 2.61. The van der Waals surface area contributed by atoms with Crippen LogP contribution < -0.4 is 10.6 Å². The van der Waals surface area contributed by atoms with Crippen LogP contribution in [-0.2, 0) is 0 Å². The Bertz CT molecular complexity index is 648. The molecular formula is C13H12BrN5. The predicted molar refractivity (Wildman–Crippen MR) is 78.5 cm³/mol. The Balaban J connectivity index is 2.42. The smallest absolute Gasteiger partial charge is 0.224 e. The first kappa shape index (κ1) is 13.3. The number of benzene rings is 1. The summed E-state index contributed by atoms with van der Waals surface area (Å²) in [5.74, 6) is 1.12. The summed E-state index contributed by atoms with van der Waals surface area (Å²) in [5, 5.41) is 15.2. The van der Waals surface area contributed by atoms with E-state index in [4.69, 9.17) is 0 Å². The Morgan fingerprint density at radius 3 is 2.84 bits per heavy atom. The molecular weight excluding hydrogens is 306 g/mol. The minimum atomic E-state index is 0.511. The Kier molecular flexibility index (Phi) is 3.97. The van der Waals surface area contributed by atoms with Crippen LogP contribution in [0.25, 0.3) is 0 Å². The molecule has 0 spiro atoms. The van der Waals surface area contributed by atoms with Gasteiger partial charge < -0.3 is 10.6 Å². The van der Waals surface area contributed by atoms with Gasteiger partial charge in [-0.25, -0.2) is 4.98 Å². The summed E-state index contributed by atoms with van der Waals surface area (Å²) in [6.45, 7) is 1.90. The molecule has 0 aliphatic carbocycles. The molecule has 96 valence electrons. The average molecular weight is 318 g/mol. The molecule has 0 aliphatic heterocycles. The summed E-state index contributed by atoms with van der Waals surface area (Å²) >= 11 is 3.38. The number of hydrogen-bond donors (Lipinski definition) is 2. The molecule has 5 nitrogen and oxygen atoms in total. The highest BCUT2D eigenvalue weighted by Gasteiger charge is 2.09. The van der Waals surface area contributed by atoms with Gasteiger partial charge in [0, 0.05) is 13.2 Å². The molecule has 0 fully saturated rings. The molecule has 0 unspecified atom stereocenters. The first-order valence-electron chi connectivity index (χ1n) is 5.62. The maximum atomic E-state index is 9.20. The van der Waals surface area contributed by atoms with Crippen molar-refractivity contribution in [2.75, 3.05) is 17.7 Å². The third kappa shape index (κ3) is 2.83. The Hall–Kier alpha value is -2.13. The summed E-state index contributed by atoms with van der Waals surface area (Å²) in [6, 6.07) is 7.84. The Morgan fingerprint density at radius 2 is 2.16 bits per heavy atom. The molecule has 0 aliphatic rings. The van der Waals surface area contributed by atoms with Crippen molar-refractivity contribution in [1.29, 1.82) is 5.26 Å². The van der Waals surface area contributed by atoms with Crippen LogP contribution >= 0.6 is 15.9 Å². The van der Waals surface area contributed by atoms with E-state index in [9.17, 15) is 5.26 Å². The van der Waals surface area contributed by atoms with Crippen LogP contribution in [-0.4, -0.2) is 17.0 Å². The molecule has 0 saturated carbocycles. The molecule has 2 rings (SSSR count). The van der Waals surface area contributed by atoms with E-state index < -0.39 is 0 Å². The maximum Gasteiger partial charge on any atom is 0.224 e. The summed E-state index contributed by atoms with van der Waals surface area (Å²) < 4.78 is 0.733. The van der Waals surface area contributed by atoms with Crippen LogP contribution in [0.3, 0.4) is 0 Å². The van der Waals surface area contributed by atoms with E-state index in [1.165, 1.54) is 0 Å². The zero-order chi connectivity index (χ0) is 13.8. The predicted octanol–water partition coefficient (Wildman–Crippen LogP) is 3.20. The normalized spacial score (nSPS) is 9.79. The van der Waals surface area contributed by atoms with E-state index in [0.29, 0.717) is 17.3 Å². The van der Waals surface area contributed by atoms with E-state index >= 15 is 0 Å². The maximum absolute atomic E-state index is 9.20. The van der Waals surface area contributed by atoms with Crippen LogP contribution in [0.5, 0.6) is 0 Å². The first-order valence-corrected chi connectivity index (χ1v) is 6.42. The molecule has 0 atom stereocenters. The monoisotopic (exact) mass is 317 g/mol. The van der Waals surface area contributed by atoms with E-state index in [1.807, 2.05) is 25.1 Å². The SMILES string of the molecule is CNc1ncc(Br)c(Nc2cccc(C)c2C#N)n1. The fourth-order valence-electron chi connectivity index (χ4n) is 1.62. The Morgan fingerprint density at radius 1 is 1.37 bits per heavy atom. The molecule has 0 bridgehead atoms. The number of hydrogen-bond acceptors (Lipinski definition) is 5. The van der Waals surface area contributed by atoms with Gasteiger partial charge in [-0.05, 0) is 34.5 Å². The van der Waals surface area contributed by atoms with Crippen molar-refractivity contribution in [2.24, 2.45) is 0 Å². The molecule has 2 N–H and O–H groups in total. The fraction of sp³-hybridized carbons (Fsp3) is 0.154. The van der Waals surface area contributed by atoms with E-state index in [2.05, 4.69) is 42.6 Å². The molecule has 1 heterocycles. The van der Waals surface area contributed by atoms with Gasteiger partial charge >= 0.3 is 0 Å². The number of nitrogens with zero attached hydrogens (tertiary/aromatic N) is 3. The Labute approximate surface area is 119 Å². The van der Waals surface area contributed by atoms with Crippen molar-refractivity contribution in [1.82, 2.24) is 9.97 Å². The number of anilines is 3. The van der Waals surface area contributed by atoms with Gasteiger partial charge in [-0.15, -0.1) is 0 Å². The number of aromatic nitrogens is 2. The van der Waals surface area contributed by atoms with Crippen molar-refractivity contribution >= 4 is 33.4 Å². The van der Waals surface area contributed by atoms with Gasteiger partial charge in [-0.3, -0.25) is 0 Å². The lowest BCUT2D eigenvalue weighted by molar-refractivity contribution is 1.14. The lowest BCUT2D eigenvalue weighted by Gasteiger charge is -2.11. The molecule has 1 aromatic heterocycles. The molecule has 0 amide bonds. The molecule has 0 radical (unpaired) electrons. The van der Waals surface area contributed by atoms with Crippen molar-refractivity contribution in [3.05, 3.63) is 40.0 Å². The van der Waals surface area contributed by atoms with Gasteiger partial charge in [0.2, 0.25) is 5.95 Å². The van der Waals surface area contributed by atoms with Gasteiger partial charge in [-0.1, -0.05) is 12.1 Å². The molecule has 2 aromatic rings. The second kappa shape index (κ2) is 5.67.